The van der Waals surface area contributed by atoms with Gasteiger partial charge in [-0.3, -0.25) is 4.79 Å². The first-order chi connectivity index (χ1) is 13.6. The van der Waals surface area contributed by atoms with Gasteiger partial charge < -0.3 is 9.73 Å². The van der Waals surface area contributed by atoms with Crippen molar-refractivity contribution in [3.05, 3.63) is 83.6 Å². The zero-order chi connectivity index (χ0) is 19.5. The van der Waals surface area contributed by atoms with Gasteiger partial charge in [-0.1, -0.05) is 38.1 Å². The molecule has 0 fully saturated rings. The third-order valence-electron chi connectivity index (χ3n) is 4.66. The Morgan fingerprint density at radius 1 is 1.04 bits per heavy atom. The first-order valence-electron chi connectivity index (χ1n) is 9.29. The van der Waals surface area contributed by atoms with Crippen molar-refractivity contribution in [2.24, 2.45) is 0 Å². The topological polar surface area (TPSA) is 68.0 Å². The van der Waals surface area contributed by atoms with E-state index in [1.165, 1.54) is 5.56 Å². The number of carbonyl (C=O) groups is 1. The maximum absolute atomic E-state index is 12.3. The molecule has 0 atom stereocenters. The molecule has 0 aliphatic carbocycles. The number of rotatable bonds is 5. The van der Waals surface area contributed by atoms with E-state index in [2.05, 4.69) is 29.1 Å². The predicted molar refractivity (Wildman–Crippen MR) is 109 cm³/mol. The predicted octanol–water partition coefficient (Wildman–Crippen LogP) is 4.94. The van der Waals surface area contributed by atoms with Crippen molar-refractivity contribution < 1.29 is 9.21 Å². The van der Waals surface area contributed by atoms with Crippen molar-refractivity contribution in [1.82, 2.24) is 15.3 Å². The maximum atomic E-state index is 12.3. The summed E-state index contributed by atoms with van der Waals surface area (Å²) in [6, 6.07) is 19.2. The number of carbonyl (C=O) groups excluding carboxylic acids is 1. The van der Waals surface area contributed by atoms with Crippen LogP contribution in [0.25, 0.3) is 22.7 Å². The van der Waals surface area contributed by atoms with Crippen LogP contribution in [0, 0.1) is 0 Å². The molecule has 0 aliphatic heterocycles. The lowest BCUT2D eigenvalue weighted by atomic mass is 10.0. The lowest BCUT2D eigenvalue weighted by Crippen LogP contribution is -2.22. The smallest absolute Gasteiger partial charge is 0.251 e. The molecule has 0 unspecified atom stereocenters. The van der Waals surface area contributed by atoms with Crippen molar-refractivity contribution in [3.63, 3.8) is 0 Å². The molecule has 1 amide bonds. The van der Waals surface area contributed by atoms with Crippen LogP contribution >= 0.6 is 0 Å². The molecular weight excluding hydrogens is 350 g/mol. The Bertz CT molecular complexity index is 1060. The van der Waals surface area contributed by atoms with Crippen LogP contribution in [0.3, 0.4) is 0 Å². The van der Waals surface area contributed by atoms with E-state index in [1.807, 2.05) is 60.7 Å². The van der Waals surface area contributed by atoms with Crippen LogP contribution in [0.2, 0.25) is 0 Å². The van der Waals surface area contributed by atoms with Gasteiger partial charge in [0, 0.05) is 23.9 Å². The second kappa shape index (κ2) is 7.64. The van der Waals surface area contributed by atoms with E-state index in [9.17, 15) is 4.79 Å². The Kier molecular flexibility index (Phi) is 4.89. The Morgan fingerprint density at radius 2 is 1.79 bits per heavy atom. The van der Waals surface area contributed by atoms with Gasteiger partial charge in [-0.05, 0) is 53.4 Å². The largest absolute Gasteiger partial charge is 0.434 e. The minimum absolute atomic E-state index is 0.0793. The molecule has 0 radical (unpaired) electrons. The quantitative estimate of drug-likeness (QED) is 0.539. The average molecular weight is 371 g/mol. The highest BCUT2D eigenvalue weighted by Gasteiger charge is 2.09. The molecule has 4 rings (SSSR count). The summed E-state index contributed by atoms with van der Waals surface area (Å²) in [7, 11) is 0. The van der Waals surface area contributed by atoms with Gasteiger partial charge in [0.1, 0.15) is 0 Å². The van der Waals surface area contributed by atoms with Crippen LogP contribution in [-0.4, -0.2) is 15.9 Å². The molecule has 0 aliphatic rings. The Balaban J connectivity index is 1.41. The molecule has 2 aromatic heterocycles. The number of hydrogen-bond acceptors (Lipinski definition) is 4. The van der Waals surface area contributed by atoms with Gasteiger partial charge in [0.25, 0.3) is 5.91 Å². The molecule has 5 nitrogen and oxygen atoms in total. The Labute approximate surface area is 163 Å². The summed E-state index contributed by atoms with van der Waals surface area (Å²) in [5, 5.41) is 2.96. The van der Waals surface area contributed by atoms with Gasteiger partial charge in [-0.25, -0.2) is 4.98 Å². The number of hydrogen-bond donors (Lipinski definition) is 1. The number of oxazole rings is 1. The van der Waals surface area contributed by atoms with Crippen LogP contribution in [0.1, 0.15) is 41.3 Å². The fraction of sp³-hybridized carbons (Fsp3) is 0.174. The first kappa shape index (κ1) is 17.9. The van der Waals surface area contributed by atoms with Crippen LogP contribution < -0.4 is 5.32 Å². The van der Waals surface area contributed by atoms with Crippen LogP contribution in [-0.2, 0) is 6.54 Å². The third-order valence-corrected chi connectivity index (χ3v) is 4.66. The van der Waals surface area contributed by atoms with E-state index < -0.39 is 0 Å². The second-order valence-electron chi connectivity index (χ2n) is 7.00. The van der Waals surface area contributed by atoms with Crippen LogP contribution in [0.15, 0.2) is 71.3 Å². The molecule has 28 heavy (non-hydrogen) atoms. The minimum Gasteiger partial charge on any atom is -0.434 e. The molecule has 0 spiro atoms. The summed E-state index contributed by atoms with van der Waals surface area (Å²) in [5.41, 5.74) is 5.03. The molecule has 1 N–H and O–H groups in total. The van der Waals surface area contributed by atoms with Gasteiger partial charge >= 0.3 is 0 Å². The van der Waals surface area contributed by atoms with E-state index in [0.717, 1.165) is 11.1 Å². The number of amides is 1. The summed E-state index contributed by atoms with van der Waals surface area (Å²) in [5.74, 6) is 0.909. The van der Waals surface area contributed by atoms with E-state index >= 15 is 0 Å². The van der Waals surface area contributed by atoms with E-state index in [4.69, 9.17) is 4.42 Å². The van der Waals surface area contributed by atoms with E-state index in [1.54, 1.807) is 6.20 Å². The van der Waals surface area contributed by atoms with Gasteiger partial charge in [-0.2, -0.15) is 4.98 Å². The number of benzene rings is 2. The monoisotopic (exact) mass is 371 g/mol. The molecule has 5 heteroatoms. The van der Waals surface area contributed by atoms with Crippen molar-refractivity contribution in [1.29, 1.82) is 0 Å². The fourth-order valence-corrected chi connectivity index (χ4v) is 2.96. The van der Waals surface area contributed by atoms with Gasteiger partial charge in [-0.15, -0.1) is 0 Å². The maximum Gasteiger partial charge on any atom is 0.251 e. The highest BCUT2D eigenvalue weighted by atomic mass is 16.3. The second-order valence-corrected chi connectivity index (χ2v) is 7.00. The number of aromatic nitrogens is 2. The third kappa shape index (κ3) is 3.78. The standard InChI is InChI=1S/C23H21N3O2/c1-15(2)17-9-11-18(12-10-17)22(27)25-14-16-5-7-19(8-6-16)23-26-21-20(28-23)4-3-13-24-21/h3-13,15H,14H2,1-2H3,(H,25,27). The summed E-state index contributed by atoms with van der Waals surface area (Å²) < 4.78 is 5.73. The van der Waals surface area contributed by atoms with E-state index in [0.29, 0.717) is 35.1 Å². The minimum atomic E-state index is -0.0793. The van der Waals surface area contributed by atoms with Crippen molar-refractivity contribution in [3.8, 4) is 11.5 Å². The summed E-state index contributed by atoms with van der Waals surface area (Å²) in [4.78, 5) is 20.9. The normalized spacial score (nSPS) is 11.1. The van der Waals surface area contributed by atoms with Crippen molar-refractivity contribution in [2.45, 2.75) is 26.3 Å². The number of fused-ring (bicyclic) bond motifs is 1. The zero-order valence-electron chi connectivity index (χ0n) is 15.8. The number of nitrogens with one attached hydrogen (secondary N) is 1. The Hall–Kier alpha value is -3.47. The van der Waals surface area contributed by atoms with Gasteiger partial charge in [0.05, 0.1) is 0 Å². The van der Waals surface area contributed by atoms with E-state index in [-0.39, 0.29) is 5.91 Å². The molecule has 0 saturated carbocycles. The first-order valence-corrected chi connectivity index (χ1v) is 9.29. The Morgan fingerprint density at radius 3 is 2.46 bits per heavy atom. The van der Waals surface area contributed by atoms with Gasteiger partial charge in [0.15, 0.2) is 11.2 Å². The zero-order valence-corrected chi connectivity index (χ0v) is 15.8. The van der Waals surface area contributed by atoms with Crippen LogP contribution in [0.4, 0.5) is 0 Å². The van der Waals surface area contributed by atoms with Gasteiger partial charge in [0.2, 0.25) is 5.89 Å². The average Bonchev–Trinajstić information content (AvgIpc) is 3.16. The summed E-state index contributed by atoms with van der Waals surface area (Å²) in [6.07, 6.45) is 1.69. The fourth-order valence-electron chi connectivity index (χ4n) is 2.96. The summed E-state index contributed by atoms with van der Waals surface area (Å²) in [6.45, 7) is 4.73. The lowest BCUT2D eigenvalue weighted by Gasteiger charge is -2.08. The molecule has 0 saturated heterocycles. The molecule has 140 valence electrons. The van der Waals surface area contributed by atoms with Crippen LogP contribution in [0.5, 0.6) is 0 Å². The summed E-state index contributed by atoms with van der Waals surface area (Å²) >= 11 is 0. The molecule has 0 bridgehead atoms. The number of pyridine rings is 1. The SMILES string of the molecule is CC(C)c1ccc(C(=O)NCc2ccc(-c3nc4ncccc4o3)cc2)cc1. The van der Waals surface area contributed by atoms with Crippen molar-refractivity contribution in [2.75, 3.05) is 0 Å². The molecule has 2 aromatic carbocycles. The molecule has 4 aromatic rings. The molecule has 2 heterocycles. The van der Waals surface area contributed by atoms with Crippen molar-refractivity contribution >= 4 is 17.1 Å². The number of nitrogens with zero attached hydrogens (tertiary/aromatic N) is 2. The highest BCUT2D eigenvalue weighted by Crippen LogP contribution is 2.23. The highest BCUT2D eigenvalue weighted by molar-refractivity contribution is 5.94. The lowest BCUT2D eigenvalue weighted by molar-refractivity contribution is 0.0951. The molecular formula is C23H21N3O2.